The number of nitrogens with zero attached hydrogens (tertiary/aromatic N) is 3. The van der Waals surface area contributed by atoms with Crippen molar-refractivity contribution in [2.24, 2.45) is 0 Å². The molecule has 3 heterocycles. The van der Waals surface area contributed by atoms with Gasteiger partial charge in [-0.05, 0) is 30.1 Å². The van der Waals surface area contributed by atoms with E-state index >= 15 is 0 Å². The first-order valence-corrected chi connectivity index (χ1v) is 9.82. The van der Waals surface area contributed by atoms with Gasteiger partial charge in [-0.25, -0.2) is 18.1 Å². The van der Waals surface area contributed by atoms with E-state index in [0.29, 0.717) is 4.21 Å². The van der Waals surface area contributed by atoms with Gasteiger partial charge in [0.15, 0.2) is 0 Å². The Bertz CT molecular complexity index is 721. The molecule has 1 aliphatic rings. The second-order valence-electron chi connectivity index (χ2n) is 5.57. The summed E-state index contributed by atoms with van der Waals surface area (Å²) in [5.41, 5.74) is 0.850. The van der Waals surface area contributed by atoms with E-state index in [9.17, 15) is 8.42 Å². The van der Waals surface area contributed by atoms with Crippen molar-refractivity contribution >= 4 is 27.2 Å². The number of piperazine rings is 1. The molecule has 1 N–H and O–H groups in total. The zero-order valence-corrected chi connectivity index (χ0v) is 14.6. The molecule has 0 radical (unpaired) electrons. The molecular weight excluding hydrogens is 332 g/mol. The van der Waals surface area contributed by atoms with Crippen LogP contribution >= 0.6 is 11.3 Å². The predicted octanol–water partition coefficient (Wildman–Crippen LogP) is 1.37. The Labute approximate surface area is 140 Å². The van der Waals surface area contributed by atoms with Crippen LogP contribution in [0.4, 0.5) is 5.82 Å². The molecular formula is C15H20N4O2S2. The Morgan fingerprint density at radius 1 is 1.22 bits per heavy atom. The van der Waals surface area contributed by atoms with Crippen LogP contribution in [0.15, 0.2) is 40.1 Å². The number of pyridine rings is 1. The summed E-state index contributed by atoms with van der Waals surface area (Å²) in [6.07, 6.45) is 1.74. The third kappa shape index (κ3) is 4.08. The lowest BCUT2D eigenvalue weighted by molar-refractivity contribution is 0.312. The molecule has 1 fully saturated rings. The molecule has 0 saturated carbocycles. The van der Waals surface area contributed by atoms with Gasteiger partial charge in [0.1, 0.15) is 10.0 Å². The van der Waals surface area contributed by atoms with Crippen LogP contribution in [0, 0.1) is 0 Å². The topological polar surface area (TPSA) is 65.5 Å². The van der Waals surface area contributed by atoms with Gasteiger partial charge >= 0.3 is 0 Å². The lowest BCUT2D eigenvalue weighted by atomic mass is 10.2. The monoisotopic (exact) mass is 352 g/mol. The highest BCUT2D eigenvalue weighted by Gasteiger charge is 2.16. The van der Waals surface area contributed by atoms with Crippen LogP contribution < -0.4 is 9.62 Å². The van der Waals surface area contributed by atoms with Gasteiger partial charge in [0.25, 0.3) is 0 Å². The molecule has 1 saturated heterocycles. The van der Waals surface area contributed by atoms with Crippen LogP contribution in [0.1, 0.15) is 5.56 Å². The van der Waals surface area contributed by atoms with Crippen LogP contribution in [0.3, 0.4) is 0 Å². The fourth-order valence-electron chi connectivity index (χ4n) is 2.41. The number of sulfonamides is 1. The summed E-state index contributed by atoms with van der Waals surface area (Å²) >= 11 is 1.21. The largest absolute Gasteiger partial charge is 0.354 e. The molecule has 0 aliphatic carbocycles. The molecule has 0 amide bonds. The molecule has 0 unspecified atom stereocenters. The molecule has 3 rings (SSSR count). The molecule has 2 aromatic heterocycles. The van der Waals surface area contributed by atoms with Crippen LogP contribution in [0.5, 0.6) is 0 Å². The van der Waals surface area contributed by atoms with Crippen LogP contribution in [0.2, 0.25) is 0 Å². The van der Waals surface area contributed by atoms with Crippen LogP contribution in [0.25, 0.3) is 0 Å². The number of likely N-dealkylation sites (N-methyl/N-ethyl adjacent to an activating group) is 1. The molecule has 0 aromatic carbocycles. The Balaban J connectivity index is 1.60. The van der Waals surface area contributed by atoms with Gasteiger partial charge in [0.05, 0.1) is 0 Å². The number of rotatable bonds is 5. The van der Waals surface area contributed by atoms with Crippen molar-refractivity contribution in [2.45, 2.75) is 10.8 Å². The van der Waals surface area contributed by atoms with E-state index in [1.54, 1.807) is 23.7 Å². The van der Waals surface area contributed by atoms with Gasteiger partial charge in [-0.2, -0.15) is 0 Å². The number of nitrogens with one attached hydrogen (secondary N) is 1. The molecule has 2 aromatic rings. The summed E-state index contributed by atoms with van der Waals surface area (Å²) < 4.78 is 27.1. The van der Waals surface area contributed by atoms with E-state index in [2.05, 4.69) is 26.6 Å². The van der Waals surface area contributed by atoms with Gasteiger partial charge in [-0.1, -0.05) is 12.1 Å². The number of aromatic nitrogens is 1. The summed E-state index contributed by atoms with van der Waals surface area (Å²) in [5.74, 6) is 0.947. The molecule has 1 aliphatic heterocycles. The van der Waals surface area contributed by atoms with E-state index < -0.39 is 10.0 Å². The molecule has 8 heteroatoms. The second kappa shape index (κ2) is 6.96. The lowest BCUT2D eigenvalue weighted by Gasteiger charge is -2.33. The number of thiophene rings is 1. The summed E-state index contributed by atoms with van der Waals surface area (Å²) in [6.45, 7) is 4.24. The minimum absolute atomic E-state index is 0.246. The average molecular weight is 352 g/mol. The van der Waals surface area contributed by atoms with Gasteiger partial charge < -0.3 is 9.80 Å². The maximum atomic E-state index is 12.1. The van der Waals surface area contributed by atoms with E-state index in [-0.39, 0.29) is 6.54 Å². The number of hydrogen-bond donors (Lipinski definition) is 1. The van der Waals surface area contributed by atoms with Crippen molar-refractivity contribution in [1.29, 1.82) is 0 Å². The van der Waals surface area contributed by atoms with E-state index in [1.807, 2.05) is 12.1 Å². The number of hydrogen-bond acceptors (Lipinski definition) is 6. The molecule has 0 atom stereocenters. The quantitative estimate of drug-likeness (QED) is 0.880. The first-order valence-electron chi connectivity index (χ1n) is 7.46. The highest BCUT2D eigenvalue weighted by Crippen LogP contribution is 2.17. The third-order valence-electron chi connectivity index (χ3n) is 3.86. The summed E-state index contributed by atoms with van der Waals surface area (Å²) in [7, 11) is -1.31. The maximum Gasteiger partial charge on any atom is 0.250 e. The van der Waals surface area contributed by atoms with Gasteiger partial charge in [0, 0.05) is 38.9 Å². The fourth-order valence-corrected chi connectivity index (χ4v) is 4.46. The van der Waals surface area contributed by atoms with Gasteiger partial charge in [-0.15, -0.1) is 11.3 Å². The average Bonchev–Trinajstić information content (AvgIpc) is 3.10. The van der Waals surface area contributed by atoms with Crippen molar-refractivity contribution in [3.8, 4) is 0 Å². The molecule has 6 nitrogen and oxygen atoms in total. The molecule has 0 spiro atoms. The fraction of sp³-hybridized carbons (Fsp3) is 0.400. The zero-order chi connectivity index (χ0) is 16.3. The van der Waals surface area contributed by atoms with Crippen molar-refractivity contribution in [3.63, 3.8) is 0 Å². The summed E-state index contributed by atoms with van der Waals surface area (Å²) in [4.78, 5) is 9.01. The Morgan fingerprint density at radius 2 is 2.00 bits per heavy atom. The Morgan fingerprint density at radius 3 is 2.61 bits per heavy atom. The first kappa shape index (κ1) is 16.4. The van der Waals surface area contributed by atoms with Crippen molar-refractivity contribution in [3.05, 3.63) is 41.4 Å². The van der Waals surface area contributed by atoms with Gasteiger partial charge in [-0.3, -0.25) is 0 Å². The third-order valence-corrected chi connectivity index (χ3v) is 6.66. The Kier molecular flexibility index (Phi) is 4.96. The smallest absolute Gasteiger partial charge is 0.250 e. The minimum atomic E-state index is -3.43. The molecule has 124 valence electrons. The highest BCUT2D eigenvalue weighted by atomic mass is 32.2. The number of anilines is 1. The molecule has 23 heavy (non-hydrogen) atoms. The standard InChI is InChI=1S/C15H20N4O2S2/c1-18-6-8-19(9-7-18)14-5-4-13(11-16-14)12-17-23(20,21)15-3-2-10-22-15/h2-5,10-11,17H,6-9,12H2,1H3. The maximum absolute atomic E-state index is 12.1. The summed E-state index contributed by atoms with van der Waals surface area (Å²) in [6, 6.07) is 7.21. The minimum Gasteiger partial charge on any atom is -0.354 e. The first-order chi connectivity index (χ1) is 11.0. The zero-order valence-electron chi connectivity index (χ0n) is 13.0. The van der Waals surface area contributed by atoms with E-state index in [4.69, 9.17) is 0 Å². The van der Waals surface area contributed by atoms with Gasteiger partial charge in [0.2, 0.25) is 10.0 Å². The summed E-state index contributed by atoms with van der Waals surface area (Å²) in [5, 5.41) is 1.75. The predicted molar refractivity (Wildman–Crippen MR) is 92.3 cm³/mol. The van der Waals surface area contributed by atoms with Crippen molar-refractivity contribution < 1.29 is 8.42 Å². The lowest BCUT2D eigenvalue weighted by Crippen LogP contribution is -2.44. The molecule has 0 bridgehead atoms. The van der Waals surface area contributed by atoms with E-state index in [0.717, 1.165) is 37.6 Å². The van der Waals surface area contributed by atoms with Crippen molar-refractivity contribution in [1.82, 2.24) is 14.6 Å². The normalized spacial score (nSPS) is 16.7. The SMILES string of the molecule is CN1CCN(c2ccc(CNS(=O)(=O)c3cccs3)cn2)CC1. The Hall–Kier alpha value is -1.48. The van der Waals surface area contributed by atoms with Crippen molar-refractivity contribution in [2.75, 3.05) is 38.1 Å². The van der Waals surface area contributed by atoms with E-state index in [1.165, 1.54) is 11.3 Å². The van der Waals surface area contributed by atoms with Crippen LogP contribution in [-0.4, -0.2) is 51.5 Å². The second-order valence-corrected chi connectivity index (χ2v) is 8.51. The highest BCUT2D eigenvalue weighted by molar-refractivity contribution is 7.91. The van der Waals surface area contributed by atoms with Crippen LogP contribution in [-0.2, 0) is 16.6 Å².